The second-order valence-corrected chi connectivity index (χ2v) is 7.08. The minimum Gasteiger partial charge on any atom is -0.466 e. The van der Waals surface area contributed by atoms with Crippen molar-refractivity contribution in [2.75, 3.05) is 0 Å². The number of carbonyl (C=O) groups excluding carboxylic acids is 1. The number of rotatable bonds is 3. The monoisotopic (exact) mass is 278 g/mol. The maximum absolute atomic E-state index is 12.3. The Morgan fingerprint density at radius 2 is 2.25 bits per heavy atom. The molecule has 2 atom stereocenters. The number of aryl methyl sites for hydroxylation is 1. The van der Waals surface area contributed by atoms with Gasteiger partial charge in [0.1, 0.15) is 11.5 Å². The van der Waals surface area contributed by atoms with E-state index in [1.54, 1.807) is 6.92 Å². The van der Waals surface area contributed by atoms with Crippen molar-refractivity contribution >= 4 is 5.91 Å². The first-order chi connectivity index (χ1) is 9.14. The Labute approximate surface area is 121 Å². The molecule has 0 aromatic carbocycles. The molecular formula is C16H26N2O2. The fraction of sp³-hybridized carbons (Fsp3) is 0.688. The predicted octanol–water partition coefficient (Wildman–Crippen LogP) is 2.85. The van der Waals surface area contributed by atoms with Crippen molar-refractivity contribution < 1.29 is 9.21 Å². The Bertz CT molecular complexity index is 515. The van der Waals surface area contributed by atoms with Crippen LogP contribution in [0.5, 0.6) is 0 Å². The van der Waals surface area contributed by atoms with Gasteiger partial charge in [-0.1, -0.05) is 20.8 Å². The molecule has 1 aliphatic carbocycles. The summed E-state index contributed by atoms with van der Waals surface area (Å²) in [6.45, 7) is 10.1. The van der Waals surface area contributed by atoms with Crippen LogP contribution in [-0.2, 0) is 11.2 Å². The Kier molecular flexibility index (Phi) is 3.71. The smallest absolute Gasteiger partial charge is 0.240 e. The van der Waals surface area contributed by atoms with Crippen LogP contribution in [-0.4, -0.2) is 11.4 Å². The normalized spacial score (nSPS) is 23.8. The molecule has 1 aromatic heterocycles. The summed E-state index contributed by atoms with van der Waals surface area (Å²) in [6, 6.07) is 2.03. The van der Waals surface area contributed by atoms with Gasteiger partial charge in [-0.25, -0.2) is 0 Å². The summed E-state index contributed by atoms with van der Waals surface area (Å²) in [7, 11) is 0. The molecule has 0 saturated heterocycles. The lowest BCUT2D eigenvalue weighted by atomic mass is 9.74. The Morgan fingerprint density at radius 1 is 1.60 bits per heavy atom. The molecular weight excluding hydrogens is 252 g/mol. The van der Waals surface area contributed by atoms with Gasteiger partial charge in [0.15, 0.2) is 0 Å². The second-order valence-electron chi connectivity index (χ2n) is 7.08. The van der Waals surface area contributed by atoms with Crippen molar-refractivity contribution in [3.63, 3.8) is 0 Å². The summed E-state index contributed by atoms with van der Waals surface area (Å²) >= 11 is 0. The molecule has 0 saturated carbocycles. The van der Waals surface area contributed by atoms with Gasteiger partial charge in [-0.3, -0.25) is 4.79 Å². The van der Waals surface area contributed by atoms with Gasteiger partial charge < -0.3 is 15.5 Å². The number of hydrogen-bond donors (Lipinski definition) is 2. The third kappa shape index (κ3) is 2.90. The first kappa shape index (κ1) is 15.1. The van der Waals surface area contributed by atoms with Crippen LogP contribution in [0.3, 0.4) is 0 Å². The van der Waals surface area contributed by atoms with Crippen molar-refractivity contribution in [3.05, 3.63) is 23.2 Å². The van der Waals surface area contributed by atoms with Crippen LogP contribution < -0.4 is 11.1 Å². The van der Waals surface area contributed by atoms with Gasteiger partial charge >= 0.3 is 0 Å². The standard InChI is InChI=1S/C16H26N2O2/c1-6-16(5,17)14(19)18-12-8-15(3,4)9-13-11(12)7-10(2)20-13/h7,12H,6,8-9,17H2,1-5H3,(H,18,19). The Morgan fingerprint density at radius 3 is 2.85 bits per heavy atom. The molecule has 4 heteroatoms. The molecule has 4 nitrogen and oxygen atoms in total. The molecule has 1 heterocycles. The molecule has 1 amide bonds. The molecule has 0 bridgehead atoms. The van der Waals surface area contributed by atoms with E-state index in [-0.39, 0.29) is 17.4 Å². The minimum absolute atomic E-state index is 0.00637. The third-order valence-corrected chi connectivity index (χ3v) is 4.29. The Balaban J connectivity index is 2.25. The Hall–Kier alpha value is -1.29. The van der Waals surface area contributed by atoms with E-state index in [0.29, 0.717) is 6.42 Å². The molecule has 20 heavy (non-hydrogen) atoms. The van der Waals surface area contributed by atoms with E-state index >= 15 is 0 Å². The SMILES string of the molecule is CCC(C)(N)C(=O)NC1CC(C)(C)Cc2oc(C)cc21. The van der Waals surface area contributed by atoms with Gasteiger partial charge in [0.05, 0.1) is 11.6 Å². The highest BCUT2D eigenvalue weighted by Gasteiger charge is 2.37. The van der Waals surface area contributed by atoms with E-state index in [2.05, 4.69) is 19.2 Å². The van der Waals surface area contributed by atoms with Crippen LogP contribution in [0.25, 0.3) is 0 Å². The van der Waals surface area contributed by atoms with Gasteiger partial charge in [0, 0.05) is 12.0 Å². The summed E-state index contributed by atoms with van der Waals surface area (Å²) < 4.78 is 5.78. The highest BCUT2D eigenvalue weighted by atomic mass is 16.3. The average Bonchev–Trinajstić information content (AvgIpc) is 2.67. The molecule has 0 aliphatic heterocycles. The van der Waals surface area contributed by atoms with E-state index in [1.165, 1.54) is 0 Å². The van der Waals surface area contributed by atoms with Crippen LogP contribution in [0.4, 0.5) is 0 Å². The van der Waals surface area contributed by atoms with Crippen molar-refractivity contribution in [3.8, 4) is 0 Å². The van der Waals surface area contributed by atoms with Crippen LogP contribution in [0.2, 0.25) is 0 Å². The summed E-state index contributed by atoms with van der Waals surface area (Å²) in [4.78, 5) is 12.3. The lowest BCUT2D eigenvalue weighted by Gasteiger charge is -2.36. The molecule has 0 spiro atoms. The third-order valence-electron chi connectivity index (χ3n) is 4.29. The molecule has 1 aliphatic rings. The second kappa shape index (κ2) is 4.92. The fourth-order valence-electron chi connectivity index (χ4n) is 2.80. The highest BCUT2D eigenvalue weighted by molar-refractivity contribution is 5.85. The quantitative estimate of drug-likeness (QED) is 0.893. The van der Waals surface area contributed by atoms with Crippen LogP contribution in [0.1, 0.15) is 63.7 Å². The zero-order valence-electron chi connectivity index (χ0n) is 13.2. The lowest BCUT2D eigenvalue weighted by molar-refractivity contribution is -0.127. The fourth-order valence-corrected chi connectivity index (χ4v) is 2.80. The molecule has 0 radical (unpaired) electrons. The van der Waals surface area contributed by atoms with Crippen LogP contribution in [0, 0.1) is 12.3 Å². The molecule has 3 N–H and O–H groups in total. The largest absolute Gasteiger partial charge is 0.466 e. The highest BCUT2D eigenvalue weighted by Crippen LogP contribution is 2.42. The van der Waals surface area contributed by atoms with Gasteiger partial charge in [0.2, 0.25) is 5.91 Å². The number of nitrogens with two attached hydrogens (primary N) is 1. The molecule has 0 fully saturated rings. The molecule has 112 valence electrons. The van der Waals surface area contributed by atoms with Gasteiger partial charge in [0.25, 0.3) is 0 Å². The van der Waals surface area contributed by atoms with E-state index in [9.17, 15) is 4.79 Å². The topological polar surface area (TPSA) is 68.3 Å². The molecule has 2 rings (SSSR count). The minimum atomic E-state index is -0.819. The first-order valence-corrected chi connectivity index (χ1v) is 7.34. The number of furan rings is 1. The summed E-state index contributed by atoms with van der Waals surface area (Å²) in [5.74, 6) is 1.81. The number of carbonyl (C=O) groups is 1. The van der Waals surface area contributed by atoms with Gasteiger partial charge in [-0.05, 0) is 38.2 Å². The first-order valence-electron chi connectivity index (χ1n) is 7.34. The van der Waals surface area contributed by atoms with Crippen LogP contribution >= 0.6 is 0 Å². The van der Waals surface area contributed by atoms with Crippen molar-refractivity contribution in [2.45, 2.75) is 65.5 Å². The van der Waals surface area contributed by atoms with Crippen molar-refractivity contribution in [1.82, 2.24) is 5.32 Å². The van der Waals surface area contributed by atoms with Gasteiger partial charge in [-0.15, -0.1) is 0 Å². The van der Waals surface area contributed by atoms with Crippen molar-refractivity contribution in [1.29, 1.82) is 0 Å². The maximum Gasteiger partial charge on any atom is 0.240 e. The van der Waals surface area contributed by atoms with Crippen LogP contribution in [0.15, 0.2) is 10.5 Å². The molecule has 1 aromatic rings. The lowest BCUT2D eigenvalue weighted by Crippen LogP contribution is -2.52. The molecule has 2 unspecified atom stereocenters. The summed E-state index contributed by atoms with van der Waals surface area (Å²) in [5.41, 5.74) is 6.45. The zero-order valence-corrected chi connectivity index (χ0v) is 13.2. The van der Waals surface area contributed by atoms with E-state index in [4.69, 9.17) is 10.2 Å². The number of hydrogen-bond acceptors (Lipinski definition) is 3. The number of nitrogens with one attached hydrogen (secondary N) is 1. The van der Waals surface area contributed by atoms with Crippen molar-refractivity contribution in [2.24, 2.45) is 11.1 Å². The summed E-state index contributed by atoms with van der Waals surface area (Å²) in [6.07, 6.45) is 2.44. The average molecular weight is 278 g/mol. The van der Waals surface area contributed by atoms with E-state index in [1.807, 2.05) is 19.9 Å². The number of amides is 1. The number of fused-ring (bicyclic) bond motifs is 1. The van der Waals surface area contributed by atoms with Gasteiger partial charge in [-0.2, -0.15) is 0 Å². The van der Waals surface area contributed by atoms with E-state index in [0.717, 1.165) is 29.9 Å². The van der Waals surface area contributed by atoms with E-state index < -0.39 is 5.54 Å². The zero-order chi connectivity index (χ0) is 15.1. The summed E-state index contributed by atoms with van der Waals surface area (Å²) in [5, 5.41) is 3.11. The maximum atomic E-state index is 12.3. The predicted molar refractivity (Wildman–Crippen MR) is 79.3 cm³/mol.